The molecule has 0 fully saturated rings. The number of halogens is 2. The Kier molecular flexibility index (Phi) is 10.3. The van der Waals surface area contributed by atoms with E-state index in [0.717, 1.165) is 17.5 Å². The summed E-state index contributed by atoms with van der Waals surface area (Å²) in [6.45, 7) is 2.53. The largest absolute Gasteiger partial charge is 0.482 e. The lowest BCUT2D eigenvalue weighted by Gasteiger charge is -2.27. The van der Waals surface area contributed by atoms with E-state index < -0.39 is 12.1 Å². The predicted molar refractivity (Wildman–Crippen MR) is 113 cm³/mol. The highest BCUT2D eigenvalue weighted by molar-refractivity contribution is 6.30. The molecule has 2 aromatic carbocycles. The number of hydrogen-bond acceptors (Lipinski definition) is 5. The van der Waals surface area contributed by atoms with Crippen molar-refractivity contribution in [2.75, 3.05) is 27.3 Å². The van der Waals surface area contributed by atoms with Gasteiger partial charge in [0.25, 0.3) is 0 Å². The van der Waals surface area contributed by atoms with Crippen LogP contribution >= 0.6 is 24.0 Å². The second-order valence-corrected chi connectivity index (χ2v) is 7.01. The number of esters is 1. The highest BCUT2D eigenvalue weighted by Crippen LogP contribution is 2.20. The van der Waals surface area contributed by atoms with Crippen LogP contribution in [0.25, 0.3) is 0 Å². The van der Waals surface area contributed by atoms with Crippen molar-refractivity contribution in [2.45, 2.75) is 25.5 Å². The molecule has 0 aliphatic heterocycles. The maximum absolute atomic E-state index is 11.1. The van der Waals surface area contributed by atoms with E-state index in [9.17, 15) is 9.90 Å². The SMILES string of the molecule is COC(=O)COc1ccc(CC(C)N(C)C[C@@H](O)c2cccc(Cl)c2)cc1.Cl. The van der Waals surface area contributed by atoms with Gasteiger partial charge in [-0.15, -0.1) is 12.4 Å². The van der Waals surface area contributed by atoms with Crippen molar-refractivity contribution in [3.05, 3.63) is 64.7 Å². The fraction of sp³-hybridized carbons (Fsp3) is 0.381. The smallest absolute Gasteiger partial charge is 0.343 e. The molecule has 5 nitrogen and oxygen atoms in total. The highest BCUT2D eigenvalue weighted by Gasteiger charge is 2.16. The van der Waals surface area contributed by atoms with Crippen LogP contribution in [0.5, 0.6) is 5.75 Å². The van der Waals surface area contributed by atoms with Gasteiger partial charge in [-0.3, -0.25) is 0 Å². The first kappa shape index (κ1) is 24.2. The first-order chi connectivity index (χ1) is 12.9. The Morgan fingerprint density at radius 3 is 2.50 bits per heavy atom. The van der Waals surface area contributed by atoms with Crippen LogP contribution in [0.15, 0.2) is 48.5 Å². The van der Waals surface area contributed by atoms with Gasteiger partial charge in [0.1, 0.15) is 5.75 Å². The van der Waals surface area contributed by atoms with Crippen molar-refractivity contribution in [1.82, 2.24) is 4.90 Å². The zero-order valence-corrected chi connectivity index (χ0v) is 17.9. The number of aliphatic hydroxyl groups is 1. The lowest BCUT2D eigenvalue weighted by molar-refractivity contribution is -0.142. The number of methoxy groups -OCH3 is 1. The lowest BCUT2D eigenvalue weighted by atomic mass is 10.0. The van der Waals surface area contributed by atoms with Gasteiger partial charge in [-0.2, -0.15) is 0 Å². The van der Waals surface area contributed by atoms with Crippen LogP contribution in [0.1, 0.15) is 24.2 Å². The Hall–Kier alpha value is -1.79. The molecule has 28 heavy (non-hydrogen) atoms. The van der Waals surface area contributed by atoms with E-state index in [2.05, 4.69) is 16.6 Å². The van der Waals surface area contributed by atoms with Crippen LogP contribution in [-0.2, 0) is 16.0 Å². The molecule has 0 heterocycles. The van der Waals surface area contributed by atoms with Gasteiger partial charge in [0, 0.05) is 17.6 Å². The van der Waals surface area contributed by atoms with Crippen LogP contribution in [0.4, 0.5) is 0 Å². The summed E-state index contributed by atoms with van der Waals surface area (Å²) < 4.78 is 9.90. The maximum Gasteiger partial charge on any atom is 0.343 e. The third kappa shape index (κ3) is 7.68. The summed E-state index contributed by atoms with van der Waals surface area (Å²) in [6, 6.07) is 15.2. The predicted octanol–water partition coefficient (Wildman–Crippen LogP) is 3.91. The first-order valence-electron chi connectivity index (χ1n) is 8.81. The Bertz CT molecular complexity index is 739. The zero-order valence-electron chi connectivity index (χ0n) is 16.3. The second kappa shape index (κ2) is 11.9. The third-order valence-corrected chi connectivity index (χ3v) is 4.72. The topological polar surface area (TPSA) is 59.0 Å². The summed E-state index contributed by atoms with van der Waals surface area (Å²) in [5, 5.41) is 11.1. The van der Waals surface area contributed by atoms with Crippen molar-refractivity contribution in [3.8, 4) is 5.75 Å². The second-order valence-electron chi connectivity index (χ2n) is 6.57. The number of ether oxygens (including phenoxy) is 2. The number of hydrogen-bond donors (Lipinski definition) is 1. The van der Waals surface area contributed by atoms with Crippen molar-refractivity contribution < 1.29 is 19.4 Å². The molecular weight excluding hydrogens is 401 g/mol. The van der Waals surface area contributed by atoms with E-state index >= 15 is 0 Å². The van der Waals surface area contributed by atoms with Gasteiger partial charge in [0.15, 0.2) is 6.61 Å². The Morgan fingerprint density at radius 2 is 1.89 bits per heavy atom. The summed E-state index contributed by atoms with van der Waals surface area (Å²) in [7, 11) is 3.32. The number of likely N-dealkylation sites (N-methyl/N-ethyl adjacent to an activating group) is 1. The van der Waals surface area contributed by atoms with E-state index in [1.807, 2.05) is 43.4 Å². The maximum atomic E-state index is 11.1. The fourth-order valence-corrected chi connectivity index (χ4v) is 2.89. The number of benzene rings is 2. The minimum atomic E-state index is -0.592. The van der Waals surface area contributed by atoms with Gasteiger partial charge >= 0.3 is 5.97 Å². The number of nitrogens with zero attached hydrogens (tertiary/aromatic N) is 1. The van der Waals surface area contributed by atoms with Gasteiger partial charge in [-0.25, -0.2) is 4.79 Å². The molecule has 0 aliphatic rings. The molecule has 0 saturated heterocycles. The van der Waals surface area contributed by atoms with Gasteiger partial charge < -0.3 is 19.5 Å². The molecule has 1 unspecified atom stereocenters. The zero-order chi connectivity index (χ0) is 19.8. The fourth-order valence-electron chi connectivity index (χ4n) is 2.69. The molecule has 2 aromatic rings. The Labute approximate surface area is 177 Å². The summed E-state index contributed by atoms with van der Waals surface area (Å²) in [5.41, 5.74) is 1.96. The molecule has 0 radical (unpaired) electrons. The van der Waals surface area contributed by atoms with E-state index in [0.29, 0.717) is 17.3 Å². The van der Waals surface area contributed by atoms with Crippen molar-refractivity contribution in [2.24, 2.45) is 0 Å². The molecule has 2 rings (SSSR count). The quantitative estimate of drug-likeness (QED) is 0.614. The molecule has 2 atom stereocenters. The summed E-state index contributed by atoms with van der Waals surface area (Å²) in [5.74, 6) is 0.217. The molecule has 0 amide bonds. The Morgan fingerprint density at radius 1 is 1.21 bits per heavy atom. The average Bonchev–Trinajstić information content (AvgIpc) is 2.67. The van der Waals surface area contributed by atoms with Crippen LogP contribution < -0.4 is 4.74 Å². The molecule has 0 spiro atoms. The van der Waals surface area contributed by atoms with Crippen molar-refractivity contribution in [1.29, 1.82) is 0 Å². The van der Waals surface area contributed by atoms with Crippen molar-refractivity contribution >= 4 is 30.0 Å². The van der Waals surface area contributed by atoms with E-state index in [4.69, 9.17) is 16.3 Å². The summed E-state index contributed by atoms with van der Waals surface area (Å²) in [6.07, 6.45) is 0.237. The lowest BCUT2D eigenvalue weighted by Crippen LogP contribution is -2.34. The number of carbonyl (C=O) groups excluding carboxylic acids is 1. The number of rotatable bonds is 9. The number of carbonyl (C=O) groups is 1. The van der Waals surface area contributed by atoms with E-state index in [-0.39, 0.29) is 25.1 Å². The Balaban J connectivity index is 0.00000392. The van der Waals surface area contributed by atoms with Gasteiger partial charge in [0.2, 0.25) is 0 Å². The van der Waals surface area contributed by atoms with E-state index in [1.165, 1.54) is 7.11 Å². The first-order valence-corrected chi connectivity index (χ1v) is 9.19. The average molecular weight is 428 g/mol. The molecule has 0 aliphatic carbocycles. The normalized spacial score (nSPS) is 12.8. The van der Waals surface area contributed by atoms with Crippen LogP contribution in [0, 0.1) is 0 Å². The number of aliphatic hydroxyl groups excluding tert-OH is 1. The molecule has 154 valence electrons. The van der Waals surface area contributed by atoms with Gasteiger partial charge in [-0.05, 0) is 55.8 Å². The molecule has 1 N–H and O–H groups in total. The monoisotopic (exact) mass is 427 g/mol. The van der Waals surface area contributed by atoms with Crippen LogP contribution in [0.2, 0.25) is 5.02 Å². The molecule has 0 saturated carbocycles. The van der Waals surface area contributed by atoms with Gasteiger partial charge in [0.05, 0.1) is 13.2 Å². The van der Waals surface area contributed by atoms with Crippen LogP contribution in [0.3, 0.4) is 0 Å². The molecule has 0 bridgehead atoms. The van der Waals surface area contributed by atoms with Crippen molar-refractivity contribution in [3.63, 3.8) is 0 Å². The summed E-state index contributed by atoms with van der Waals surface area (Å²) >= 11 is 6.00. The molecular formula is C21H27Cl2NO4. The van der Waals surface area contributed by atoms with Crippen LogP contribution in [-0.4, -0.2) is 49.3 Å². The minimum Gasteiger partial charge on any atom is -0.482 e. The molecule has 7 heteroatoms. The summed E-state index contributed by atoms with van der Waals surface area (Å²) in [4.78, 5) is 13.2. The standard InChI is InChI=1S/C21H26ClNO4.ClH/c1-15(23(2)13-20(24)17-5-4-6-18(22)12-17)11-16-7-9-19(10-8-16)27-14-21(25)26-3;/h4-10,12,15,20,24H,11,13-14H2,1-3H3;1H/t15?,20-;/m1./s1. The third-order valence-electron chi connectivity index (χ3n) is 4.49. The van der Waals surface area contributed by atoms with E-state index in [1.54, 1.807) is 12.1 Å². The highest BCUT2D eigenvalue weighted by atomic mass is 35.5. The minimum absolute atomic E-state index is 0. The van der Waals surface area contributed by atoms with Gasteiger partial charge in [-0.1, -0.05) is 35.9 Å². The molecule has 0 aromatic heterocycles.